The highest BCUT2D eigenvalue weighted by molar-refractivity contribution is 7.13. The van der Waals surface area contributed by atoms with E-state index in [-0.39, 0.29) is 25.6 Å². The third-order valence-corrected chi connectivity index (χ3v) is 4.53. The van der Waals surface area contributed by atoms with Crippen LogP contribution in [0.1, 0.15) is 12.1 Å². The van der Waals surface area contributed by atoms with E-state index >= 15 is 0 Å². The molecule has 2 aromatic carbocycles. The molecular formula is C20H19NO4S. The van der Waals surface area contributed by atoms with Crippen LogP contribution >= 0.6 is 11.3 Å². The molecule has 0 saturated carbocycles. The number of methoxy groups -OCH3 is 1. The minimum Gasteiger partial charge on any atom is -0.493 e. The lowest BCUT2D eigenvalue weighted by atomic mass is 10.2. The van der Waals surface area contributed by atoms with Crippen molar-refractivity contribution in [1.29, 1.82) is 0 Å². The molecule has 5 nitrogen and oxygen atoms in total. The Hall–Kier alpha value is -2.86. The maximum atomic E-state index is 11.9. The Balaban J connectivity index is 1.44. The van der Waals surface area contributed by atoms with E-state index in [4.69, 9.17) is 14.2 Å². The molecule has 0 N–H and O–H groups in total. The van der Waals surface area contributed by atoms with Gasteiger partial charge in [-0.05, 0) is 12.1 Å². The lowest BCUT2D eigenvalue weighted by molar-refractivity contribution is -0.145. The molecule has 0 unspecified atom stereocenters. The fourth-order valence-electron chi connectivity index (χ4n) is 2.30. The maximum Gasteiger partial charge on any atom is 0.309 e. The molecule has 1 aromatic heterocycles. The van der Waals surface area contributed by atoms with Crippen LogP contribution in [-0.2, 0) is 16.1 Å². The number of esters is 1. The van der Waals surface area contributed by atoms with Crippen molar-refractivity contribution in [2.75, 3.05) is 13.7 Å². The molecule has 0 radical (unpaired) electrons. The van der Waals surface area contributed by atoms with E-state index in [9.17, 15) is 4.79 Å². The second kappa shape index (κ2) is 9.01. The summed E-state index contributed by atoms with van der Waals surface area (Å²) < 4.78 is 16.0. The van der Waals surface area contributed by atoms with Crippen LogP contribution in [0.3, 0.4) is 0 Å². The fourth-order valence-corrected chi connectivity index (χ4v) is 3.11. The van der Waals surface area contributed by atoms with Crippen molar-refractivity contribution in [3.05, 3.63) is 65.7 Å². The van der Waals surface area contributed by atoms with Gasteiger partial charge >= 0.3 is 5.97 Å². The van der Waals surface area contributed by atoms with Gasteiger partial charge in [-0.15, -0.1) is 11.3 Å². The van der Waals surface area contributed by atoms with Crippen LogP contribution in [0.15, 0.2) is 60.0 Å². The van der Waals surface area contributed by atoms with E-state index in [0.29, 0.717) is 11.5 Å². The quantitative estimate of drug-likeness (QED) is 0.553. The lowest BCUT2D eigenvalue weighted by Crippen LogP contribution is -2.10. The number of thiazole rings is 1. The molecule has 0 spiro atoms. The summed E-state index contributed by atoms with van der Waals surface area (Å²) in [7, 11) is 1.58. The maximum absolute atomic E-state index is 11.9. The molecule has 0 saturated heterocycles. The first-order valence-electron chi connectivity index (χ1n) is 8.17. The van der Waals surface area contributed by atoms with Gasteiger partial charge in [0, 0.05) is 10.9 Å². The normalized spacial score (nSPS) is 10.3. The third-order valence-electron chi connectivity index (χ3n) is 3.59. The zero-order valence-electron chi connectivity index (χ0n) is 14.4. The van der Waals surface area contributed by atoms with E-state index in [1.807, 2.05) is 47.8 Å². The smallest absolute Gasteiger partial charge is 0.309 e. The number of benzene rings is 2. The van der Waals surface area contributed by atoms with Gasteiger partial charge in [-0.3, -0.25) is 4.79 Å². The fraction of sp³-hybridized carbons (Fsp3) is 0.200. The topological polar surface area (TPSA) is 57.7 Å². The van der Waals surface area contributed by atoms with E-state index in [2.05, 4.69) is 4.98 Å². The highest BCUT2D eigenvalue weighted by Gasteiger charge is 2.09. The van der Waals surface area contributed by atoms with Crippen LogP contribution in [-0.4, -0.2) is 24.7 Å². The summed E-state index contributed by atoms with van der Waals surface area (Å²) in [6.07, 6.45) is 0.160. The lowest BCUT2D eigenvalue weighted by Gasteiger charge is -2.09. The van der Waals surface area contributed by atoms with Gasteiger partial charge in [-0.1, -0.05) is 42.5 Å². The summed E-state index contributed by atoms with van der Waals surface area (Å²) in [5, 5.41) is 2.82. The molecule has 0 atom stereocenters. The summed E-state index contributed by atoms with van der Waals surface area (Å²) in [4.78, 5) is 16.4. The van der Waals surface area contributed by atoms with Crippen molar-refractivity contribution in [3.63, 3.8) is 0 Å². The Morgan fingerprint density at radius 2 is 1.77 bits per heavy atom. The van der Waals surface area contributed by atoms with Crippen LogP contribution in [0.5, 0.6) is 11.5 Å². The number of rotatable bonds is 8. The Bertz CT molecular complexity index is 848. The zero-order valence-corrected chi connectivity index (χ0v) is 15.2. The van der Waals surface area contributed by atoms with Gasteiger partial charge in [0.15, 0.2) is 11.5 Å². The number of para-hydroxylation sites is 2. The SMILES string of the molecule is COc1ccccc1OCCC(=O)OCc1csc(-c2ccccc2)n1. The summed E-state index contributed by atoms with van der Waals surface area (Å²) >= 11 is 1.53. The number of hydrogen-bond acceptors (Lipinski definition) is 6. The van der Waals surface area contributed by atoms with Crippen molar-refractivity contribution in [2.45, 2.75) is 13.0 Å². The largest absolute Gasteiger partial charge is 0.493 e. The van der Waals surface area contributed by atoms with Gasteiger partial charge in [0.25, 0.3) is 0 Å². The molecule has 1 heterocycles. The summed E-state index contributed by atoms with van der Waals surface area (Å²) in [6, 6.07) is 17.2. The summed E-state index contributed by atoms with van der Waals surface area (Å²) in [5.41, 5.74) is 1.80. The Labute approximate surface area is 156 Å². The predicted molar refractivity (Wildman–Crippen MR) is 100 cm³/mol. The van der Waals surface area contributed by atoms with E-state index in [0.717, 1.165) is 16.3 Å². The Morgan fingerprint density at radius 3 is 2.54 bits per heavy atom. The van der Waals surface area contributed by atoms with Gasteiger partial charge < -0.3 is 14.2 Å². The number of aromatic nitrogens is 1. The molecule has 0 amide bonds. The number of carbonyl (C=O) groups is 1. The van der Waals surface area contributed by atoms with E-state index < -0.39 is 0 Å². The minimum atomic E-state index is -0.325. The molecule has 3 aromatic rings. The van der Waals surface area contributed by atoms with E-state index in [1.54, 1.807) is 19.2 Å². The van der Waals surface area contributed by atoms with Crippen molar-refractivity contribution in [3.8, 4) is 22.1 Å². The highest BCUT2D eigenvalue weighted by atomic mass is 32.1. The summed E-state index contributed by atoms with van der Waals surface area (Å²) in [5.74, 6) is 0.917. The van der Waals surface area contributed by atoms with Gasteiger partial charge in [0.1, 0.15) is 11.6 Å². The van der Waals surface area contributed by atoms with Gasteiger partial charge in [-0.2, -0.15) is 0 Å². The average Bonchev–Trinajstić information content (AvgIpc) is 3.16. The van der Waals surface area contributed by atoms with Crippen LogP contribution in [0.2, 0.25) is 0 Å². The predicted octanol–water partition coefficient (Wildman–Crippen LogP) is 4.33. The van der Waals surface area contributed by atoms with Crippen LogP contribution in [0.25, 0.3) is 10.6 Å². The molecule has 134 valence electrons. The standard InChI is InChI=1S/C20H19NO4S/c1-23-17-9-5-6-10-18(17)24-12-11-19(22)25-13-16-14-26-20(21-16)15-7-3-2-4-8-15/h2-10,14H,11-13H2,1H3. The van der Waals surface area contributed by atoms with Gasteiger partial charge in [0.05, 0.1) is 25.8 Å². The zero-order chi connectivity index (χ0) is 18.2. The first-order chi connectivity index (χ1) is 12.8. The van der Waals surface area contributed by atoms with Crippen LogP contribution in [0.4, 0.5) is 0 Å². The third kappa shape index (κ3) is 4.83. The van der Waals surface area contributed by atoms with Crippen LogP contribution < -0.4 is 9.47 Å². The second-order valence-corrected chi connectivity index (χ2v) is 6.28. The molecule has 26 heavy (non-hydrogen) atoms. The number of hydrogen-bond donors (Lipinski definition) is 0. The summed E-state index contributed by atoms with van der Waals surface area (Å²) in [6.45, 7) is 0.391. The molecule has 0 aliphatic rings. The first kappa shape index (κ1) is 17.9. The van der Waals surface area contributed by atoms with Gasteiger partial charge in [-0.25, -0.2) is 4.98 Å². The molecular weight excluding hydrogens is 350 g/mol. The Morgan fingerprint density at radius 1 is 1.04 bits per heavy atom. The molecule has 0 fully saturated rings. The van der Waals surface area contributed by atoms with Crippen molar-refractivity contribution >= 4 is 17.3 Å². The van der Waals surface area contributed by atoms with Crippen LogP contribution in [0, 0.1) is 0 Å². The van der Waals surface area contributed by atoms with Crippen molar-refractivity contribution < 1.29 is 19.0 Å². The first-order valence-corrected chi connectivity index (χ1v) is 9.05. The van der Waals surface area contributed by atoms with Gasteiger partial charge in [0.2, 0.25) is 0 Å². The Kier molecular flexibility index (Phi) is 6.22. The molecule has 0 bridgehead atoms. The second-order valence-electron chi connectivity index (χ2n) is 5.42. The molecule has 0 aliphatic heterocycles. The van der Waals surface area contributed by atoms with Crippen molar-refractivity contribution in [2.24, 2.45) is 0 Å². The molecule has 3 rings (SSSR count). The molecule has 6 heteroatoms. The molecule has 0 aliphatic carbocycles. The average molecular weight is 369 g/mol. The highest BCUT2D eigenvalue weighted by Crippen LogP contribution is 2.26. The number of carbonyl (C=O) groups excluding carboxylic acids is 1. The van der Waals surface area contributed by atoms with E-state index in [1.165, 1.54) is 11.3 Å². The number of nitrogens with zero attached hydrogens (tertiary/aromatic N) is 1. The van der Waals surface area contributed by atoms with Crippen molar-refractivity contribution in [1.82, 2.24) is 4.98 Å². The minimum absolute atomic E-state index is 0.160. The monoisotopic (exact) mass is 369 g/mol. The number of ether oxygens (including phenoxy) is 3.